The molecule has 1 heterocycles. The van der Waals surface area contributed by atoms with Crippen LogP contribution in [0, 0.1) is 0 Å². The molecule has 0 amide bonds. The van der Waals surface area contributed by atoms with Crippen LogP contribution in [0.1, 0.15) is 31.0 Å². The molecule has 2 unspecified atom stereocenters. The van der Waals surface area contributed by atoms with Gasteiger partial charge in [-0.3, -0.25) is 4.90 Å². The maximum Gasteiger partial charge on any atom is 0.0615 e. The van der Waals surface area contributed by atoms with Crippen molar-refractivity contribution in [1.29, 1.82) is 0 Å². The van der Waals surface area contributed by atoms with Gasteiger partial charge in [0.15, 0.2) is 0 Å². The van der Waals surface area contributed by atoms with E-state index < -0.39 is 0 Å². The first-order chi connectivity index (χ1) is 8.77. The second-order valence-electron chi connectivity index (χ2n) is 4.98. The lowest BCUT2D eigenvalue weighted by Crippen LogP contribution is -2.45. The summed E-state index contributed by atoms with van der Waals surface area (Å²) < 4.78 is 5.30. The summed E-state index contributed by atoms with van der Waals surface area (Å²) in [5.41, 5.74) is 2.90. The summed E-state index contributed by atoms with van der Waals surface area (Å²) in [5.74, 6) is 0. The van der Waals surface area contributed by atoms with Crippen molar-refractivity contribution in [3.63, 3.8) is 0 Å². The zero-order valence-electron chi connectivity index (χ0n) is 11.6. The van der Waals surface area contributed by atoms with Gasteiger partial charge in [-0.2, -0.15) is 0 Å². The van der Waals surface area contributed by atoms with Crippen LogP contribution in [0.3, 0.4) is 0 Å². The molecule has 1 aromatic rings. The van der Waals surface area contributed by atoms with Crippen molar-refractivity contribution in [2.45, 2.75) is 32.5 Å². The Labute approximate surface area is 110 Å². The first kappa shape index (κ1) is 13.5. The first-order valence-electron chi connectivity index (χ1n) is 6.81. The molecule has 100 valence electrons. The average Bonchev–Trinajstić information content (AvgIpc) is 2.40. The zero-order chi connectivity index (χ0) is 13.0. The third-order valence-electron chi connectivity index (χ3n) is 3.81. The first-order valence-corrected chi connectivity index (χ1v) is 6.81. The number of hydrogen-bond acceptors (Lipinski definition) is 3. The lowest BCUT2D eigenvalue weighted by Gasteiger charge is -2.39. The van der Waals surface area contributed by atoms with Crippen LogP contribution in [0.25, 0.3) is 0 Å². The highest BCUT2D eigenvalue weighted by Crippen LogP contribution is 2.28. The minimum atomic E-state index is 0.443. The summed E-state index contributed by atoms with van der Waals surface area (Å²) in [5, 5.41) is 3.52. The van der Waals surface area contributed by atoms with Gasteiger partial charge in [0.05, 0.1) is 6.61 Å². The molecular formula is C15H24N2O. The molecular weight excluding hydrogens is 224 g/mol. The quantitative estimate of drug-likeness (QED) is 0.864. The highest BCUT2D eigenvalue weighted by molar-refractivity contribution is 5.32. The molecule has 0 saturated carbocycles. The number of likely N-dealkylation sites (N-methyl/N-ethyl adjacent to an activating group) is 1. The van der Waals surface area contributed by atoms with Gasteiger partial charge in [0, 0.05) is 32.3 Å². The van der Waals surface area contributed by atoms with Gasteiger partial charge in [0.25, 0.3) is 0 Å². The molecule has 1 N–H and O–H groups in total. The van der Waals surface area contributed by atoms with E-state index in [9.17, 15) is 0 Å². The molecule has 0 aliphatic carbocycles. The maximum atomic E-state index is 5.30. The Balaban J connectivity index is 2.22. The predicted octanol–water partition coefficient (Wildman–Crippen LogP) is 2.19. The summed E-state index contributed by atoms with van der Waals surface area (Å²) in [6.45, 7) is 8.31. The molecule has 0 bridgehead atoms. The number of fused-ring (bicyclic) bond motifs is 1. The summed E-state index contributed by atoms with van der Waals surface area (Å²) in [7, 11) is 1.78. The molecule has 1 aliphatic heterocycles. The minimum Gasteiger partial charge on any atom is -0.383 e. The van der Waals surface area contributed by atoms with Crippen LogP contribution in [-0.2, 0) is 11.3 Å². The van der Waals surface area contributed by atoms with Crippen molar-refractivity contribution in [3.05, 3.63) is 35.4 Å². The number of benzene rings is 1. The molecule has 2 atom stereocenters. The molecule has 3 nitrogen and oxygen atoms in total. The van der Waals surface area contributed by atoms with E-state index in [1.807, 2.05) is 0 Å². The highest BCUT2D eigenvalue weighted by Gasteiger charge is 2.27. The molecule has 0 radical (unpaired) electrons. The van der Waals surface area contributed by atoms with E-state index in [0.29, 0.717) is 12.1 Å². The predicted molar refractivity (Wildman–Crippen MR) is 74.6 cm³/mol. The van der Waals surface area contributed by atoms with E-state index in [0.717, 1.165) is 26.2 Å². The van der Waals surface area contributed by atoms with Gasteiger partial charge in [0.2, 0.25) is 0 Å². The summed E-state index contributed by atoms with van der Waals surface area (Å²) in [4.78, 5) is 2.52. The van der Waals surface area contributed by atoms with Crippen LogP contribution in [0.2, 0.25) is 0 Å². The number of ether oxygens (including phenoxy) is 1. The molecule has 3 heteroatoms. The number of nitrogens with zero attached hydrogens (tertiary/aromatic N) is 1. The standard InChI is InChI=1S/C15H24N2O/c1-4-17(12(2)11-18-3)15-10-16-9-13-7-5-6-8-14(13)15/h5-8,12,15-16H,4,9-11H2,1-3H3. The number of rotatable bonds is 5. The van der Waals surface area contributed by atoms with Crippen molar-refractivity contribution in [1.82, 2.24) is 10.2 Å². The van der Waals surface area contributed by atoms with Gasteiger partial charge < -0.3 is 10.1 Å². The fraction of sp³-hybridized carbons (Fsp3) is 0.600. The van der Waals surface area contributed by atoms with Crippen LogP contribution in [0.4, 0.5) is 0 Å². The lowest BCUT2D eigenvalue weighted by molar-refractivity contribution is 0.0697. The van der Waals surface area contributed by atoms with E-state index in [1.165, 1.54) is 11.1 Å². The number of hydrogen-bond donors (Lipinski definition) is 1. The summed E-state index contributed by atoms with van der Waals surface area (Å²) in [6, 6.07) is 9.67. The molecule has 1 aliphatic rings. The maximum absolute atomic E-state index is 5.30. The van der Waals surface area contributed by atoms with Crippen LogP contribution >= 0.6 is 0 Å². The Bertz CT molecular complexity index is 381. The Morgan fingerprint density at radius 3 is 2.94 bits per heavy atom. The number of nitrogens with one attached hydrogen (secondary N) is 1. The SMILES string of the molecule is CCN(C(C)COC)C1CNCc2ccccc21. The van der Waals surface area contributed by atoms with Crippen LogP contribution in [0.15, 0.2) is 24.3 Å². The van der Waals surface area contributed by atoms with Gasteiger partial charge in [-0.25, -0.2) is 0 Å². The molecule has 0 saturated heterocycles. The fourth-order valence-electron chi connectivity index (χ4n) is 2.95. The van der Waals surface area contributed by atoms with Crippen molar-refractivity contribution in [2.24, 2.45) is 0 Å². The Morgan fingerprint density at radius 1 is 1.44 bits per heavy atom. The second-order valence-corrected chi connectivity index (χ2v) is 4.98. The van der Waals surface area contributed by atoms with Gasteiger partial charge in [-0.1, -0.05) is 31.2 Å². The van der Waals surface area contributed by atoms with Crippen molar-refractivity contribution in [2.75, 3.05) is 26.8 Å². The van der Waals surface area contributed by atoms with Gasteiger partial charge in [-0.15, -0.1) is 0 Å². The van der Waals surface area contributed by atoms with Crippen molar-refractivity contribution >= 4 is 0 Å². The average molecular weight is 248 g/mol. The Morgan fingerprint density at radius 2 is 2.22 bits per heavy atom. The molecule has 2 rings (SSSR count). The zero-order valence-corrected chi connectivity index (χ0v) is 11.6. The smallest absolute Gasteiger partial charge is 0.0615 e. The third-order valence-corrected chi connectivity index (χ3v) is 3.81. The monoisotopic (exact) mass is 248 g/mol. The van der Waals surface area contributed by atoms with E-state index in [1.54, 1.807) is 7.11 Å². The van der Waals surface area contributed by atoms with Crippen LogP contribution in [0.5, 0.6) is 0 Å². The van der Waals surface area contributed by atoms with Crippen LogP contribution < -0.4 is 5.32 Å². The minimum absolute atomic E-state index is 0.443. The van der Waals surface area contributed by atoms with E-state index in [4.69, 9.17) is 4.74 Å². The third kappa shape index (κ3) is 2.74. The summed E-state index contributed by atoms with van der Waals surface area (Å²) in [6.07, 6.45) is 0. The molecule has 0 aromatic heterocycles. The van der Waals surface area contributed by atoms with Crippen LogP contribution in [-0.4, -0.2) is 37.7 Å². The highest BCUT2D eigenvalue weighted by atomic mass is 16.5. The molecule has 1 aromatic carbocycles. The topological polar surface area (TPSA) is 24.5 Å². The van der Waals surface area contributed by atoms with E-state index >= 15 is 0 Å². The largest absolute Gasteiger partial charge is 0.383 e. The molecule has 18 heavy (non-hydrogen) atoms. The van der Waals surface area contributed by atoms with E-state index in [2.05, 4.69) is 48.3 Å². The van der Waals surface area contributed by atoms with Crippen molar-refractivity contribution in [3.8, 4) is 0 Å². The fourth-order valence-corrected chi connectivity index (χ4v) is 2.95. The Kier molecular flexibility index (Phi) is 4.75. The Hall–Kier alpha value is -0.900. The summed E-state index contributed by atoms with van der Waals surface area (Å²) >= 11 is 0. The van der Waals surface area contributed by atoms with Crippen molar-refractivity contribution < 1.29 is 4.74 Å². The lowest BCUT2D eigenvalue weighted by atomic mass is 9.94. The second kappa shape index (κ2) is 6.32. The van der Waals surface area contributed by atoms with Gasteiger partial charge >= 0.3 is 0 Å². The van der Waals surface area contributed by atoms with E-state index in [-0.39, 0.29) is 0 Å². The molecule has 0 fully saturated rings. The van der Waals surface area contributed by atoms with Gasteiger partial charge in [0.1, 0.15) is 0 Å². The normalized spacial score (nSPS) is 20.8. The molecule has 0 spiro atoms. The van der Waals surface area contributed by atoms with Gasteiger partial charge in [-0.05, 0) is 24.6 Å². The number of methoxy groups -OCH3 is 1.